The molecule has 0 saturated heterocycles. The summed E-state index contributed by atoms with van der Waals surface area (Å²) >= 11 is 3.48. The molecule has 1 aliphatic rings. The van der Waals surface area contributed by atoms with E-state index in [9.17, 15) is 0 Å². The second kappa shape index (κ2) is 6.01. The van der Waals surface area contributed by atoms with E-state index in [-0.39, 0.29) is 0 Å². The van der Waals surface area contributed by atoms with Crippen molar-refractivity contribution in [1.82, 2.24) is 5.32 Å². The predicted molar refractivity (Wildman–Crippen MR) is 77.1 cm³/mol. The third kappa shape index (κ3) is 3.82. The van der Waals surface area contributed by atoms with Crippen molar-refractivity contribution in [2.45, 2.75) is 51.6 Å². The fourth-order valence-electron chi connectivity index (χ4n) is 2.79. The molecule has 3 atom stereocenters. The van der Waals surface area contributed by atoms with E-state index < -0.39 is 0 Å². The molecular formula is C15H22BrN. The summed E-state index contributed by atoms with van der Waals surface area (Å²) in [6.07, 6.45) is 5.46. The van der Waals surface area contributed by atoms with Crippen LogP contribution in [0.1, 0.15) is 51.1 Å². The van der Waals surface area contributed by atoms with E-state index in [4.69, 9.17) is 0 Å². The van der Waals surface area contributed by atoms with E-state index in [0.29, 0.717) is 12.1 Å². The Morgan fingerprint density at radius 1 is 1.24 bits per heavy atom. The van der Waals surface area contributed by atoms with Crippen LogP contribution in [0.25, 0.3) is 0 Å². The van der Waals surface area contributed by atoms with Crippen LogP contribution >= 0.6 is 15.9 Å². The van der Waals surface area contributed by atoms with Gasteiger partial charge in [0.25, 0.3) is 0 Å². The minimum Gasteiger partial charge on any atom is -0.307 e. The quantitative estimate of drug-likeness (QED) is 0.854. The summed E-state index contributed by atoms with van der Waals surface area (Å²) < 4.78 is 1.15. The lowest BCUT2D eigenvalue weighted by Gasteiger charge is -2.30. The van der Waals surface area contributed by atoms with E-state index in [1.54, 1.807) is 0 Å². The lowest BCUT2D eigenvalue weighted by Crippen LogP contribution is -2.35. The Hall–Kier alpha value is -0.340. The molecule has 2 unspecified atom stereocenters. The second-order valence-corrected chi connectivity index (χ2v) is 6.32. The van der Waals surface area contributed by atoms with Crippen molar-refractivity contribution in [3.63, 3.8) is 0 Å². The molecule has 17 heavy (non-hydrogen) atoms. The van der Waals surface area contributed by atoms with Crippen LogP contribution in [0.15, 0.2) is 28.7 Å². The highest BCUT2D eigenvalue weighted by atomic mass is 79.9. The lowest BCUT2D eigenvalue weighted by molar-refractivity contribution is 0.285. The van der Waals surface area contributed by atoms with Gasteiger partial charge in [-0.3, -0.25) is 0 Å². The minimum atomic E-state index is 0.457. The first-order valence-electron chi connectivity index (χ1n) is 6.66. The van der Waals surface area contributed by atoms with E-state index in [1.807, 2.05) is 0 Å². The number of rotatable bonds is 3. The zero-order chi connectivity index (χ0) is 12.3. The highest BCUT2D eigenvalue weighted by molar-refractivity contribution is 9.10. The predicted octanol–water partition coefficient (Wildman–Crippen LogP) is 4.68. The molecule has 2 rings (SSSR count). The molecule has 1 nitrogen and oxygen atoms in total. The second-order valence-electron chi connectivity index (χ2n) is 5.41. The summed E-state index contributed by atoms with van der Waals surface area (Å²) in [5.74, 6) is 0.887. The molecule has 1 N–H and O–H groups in total. The summed E-state index contributed by atoms with van der Waals surface area (Å²) in [5, 5.41) is 3.77. The van der Waals surface area contributed by atoms with Gasteiger partial charge in [-0.05, 0) is 43.4 Å². The minimum absolute atomic E-state index is 0.457. The van der Waals surface area contributed by atoms with Gasteiger partial charge in [-0.25, -0.2) is 0 Å². The third-order valence-corrected chi connectivity index (χ3v) is 4.32. The van der Waals surface area contributed by atoms with Crippen LogP contribution in [0.2, 0.25) is 0 Å². The molecule has 0 aliphatic heterocycles. The normalized spacial score (nSPS) is 26.8. The third-order valence-electron chi connectivity index (χ3n) is 3.79. The average molecular weight is 296 g/mol. The Labute approximate surface area is 113 Å². The van der Waals surface area contributed by atoms with Gasteiger partial charge in [0.1, 0.15) is 0 Å². The summed E-state index contributed by atoms with van der Waals surface area (Å²) in [5.41, 5.74) is 1.38. The van der Waals surface area contributed by atoms with Gasteiger partial charge in [0.2, 0.25) is 0 Å². The molecule has 1 aliphatic carbocycles. The van der Waals surface area contributed by atoms with Crippen LogP contribution in [-0.2, 0) is 0 Å². The van der Waals surface area contributed by atoms with Gasteiger partial charge in [0.15, 0.2) is 0 Å². The van der Waals surface area contributed by atoms with Gasteiger partial charge in [-0.2, -0.15) is 0 Å². The SMILES string of the molecule is CC1CCCC(N[C@H](C)c2ccc(Br)cc2)C1. The molecule has 0 radical (unpaired) electrons. The van der Waals surface area contributed by atoms with Crippen molar-refractivity contribution in [2.75, 3.05) is 0 Å². The van der Waals surface area contributed by atoms with Crippen molar-refractivity contribution >= 4 is 15.9 Å². The molecule has 94 valence electrons. The maximum atomic E-state index is 3.77. The molecule has 0 heterocycles. The lowest BCUT2D eigenvalue weighted by atomic mass is 9.86. The molecule has 0 aromatic heterocycles. The van der Waals surface area contributed by atoms with Crippen LogP contribution in [0.5, 0.6) is 0 Å². The van der Waals surface area contributed by atoms with Gasteiger partial charge in [-0.15, -0.1) is 0 Å². The van der Waals surface area contributed by atoms with Crippen molar-refractivity contribution in [3.8, 4) is 0 Å². The Balaban J connectivity index is 1.91. The van der Waals surface area contributed by atoms with Crippen molar-refractivity contribution < 1.29 is 0 Å². The molecule has 1 aromatic rings. The van der Waals surface area contributed by atoms with Crippen LogP contribution < -0.4 is 5.32 Å². The molecule has 1 aromatic carbocycles. The van der Waals surface area contributed by atoms with Crippen LogP contribution in [0.3, 0.4) is 0 Å². The van der Waals surface area contributed by atoms with Gasteiger partial charge in [0, 0.05) is 16.6 Å². The van der Waals surface area contributed by atoms with Crippen LogP contribution in [-0.4, -0.2) is 6.04 Å². The number of halogens is 1. The highest BCUT2D eigenvalue weighted by Gasteiger charge is 2.20. The maximum absolute atomic E-state index is 3.77. The number of benzene rings is 1. The van der Waals surface area contributed by atoms with Gasteiger partial charge < -0.3 is 5.32 Å². The summed E-state index contributed by atoms with van der Waals surface area (Å²) in [4.78, 5) is 0. The Bertz CT molecular complexity index is 346. The topological polar surface area (TPSA) is 12.0 Å². The van der Waals surface area contributed by atoms with Gasteiger partial charge in [0.05, 0.1) is 0 Å². The molecule has 1 fully saturated rings. The van der Waals surface area contributed by atoms with Crippen LogP contribution in [0.4, 0.5) is 0 Å². The molecule has 2 heteroatoms. The summed E-state index contributed by atoms with van der Waals surface area (Å²) in [6.45, 7) is 4.64. The first kappa shape index (κ1) is 13.1. The van der Waals surface area contributed by atoms with E-state index in [1.165, 1.54) is 31.2 Å². The number of hydrogen-bond acceptors (Lipinski definition) is 1. The summed E-state index contributed by atoms with van der Waals surface area (Å²) in [6, 6.07) is 9.81. The van der Waals surface area contributed by atoms with Gasteiger partial charge in [-0.1, -0.05) is 47.8 Å². The maximum Gasteiger partial charge on any atom is 0.0294 e. The van der Waals surface area contributed by atoms with E-state index >= 15 is 0 Å². The Morgan fingerprint density at radius 3 is 2.59 bits per heavy atom. The largest absolute Gasteiger partial charge is 0.307 e. The Kier molecular flexibility index (Phi) is 4.63. The Morgan fingerprint density at radius 2 is 1.94 bits per heavy atom. The van der Waals surface area contributed by atoms with Crippen molar-refractivity contribution in [1.29, 1.82) is 0 Å². The smallest absolute Gasteiger partial charge is 0.0294 e. The van der Waals surface area contributed by atoms with Crippen molar-refractivity contribution in [3.05, 3.63) is 34.3 Å². The van der Waals surface area contributed by atoms with Crippen LogP contribution in [0, 0.1) is 5.92 Å². The average Bonchev–Trinajstić information content (AvgIpc) is 2.29. The first-order valence-corrected chi connectivity index (χ1v) is 7.46. The monoisotopic (exact) mass is 295 g/mol. The standard InChI is InChI=1S/C15H22BrN/c1-11-4-3-5-15(10-11)17-12(2)13-6-8-14(16)9-7-13/h6-9,11-12,15,17H,3-5,10H2,1-2H3/t11?,12-,15?/m1/s1. The van der Waals surface area contributed by atoms with E-state index in [2.05, 4.69) is 59.4 Å². The molecule has 0 spiro atoms. The zero-order valence-corrected chi connectivity index (χ0v) is 12.3. The number of nitrogens with one attached hydrogen (secondary N) is 1. The number of hydrogen-bond donors (Lipinski definition) is 1. The fourth-order valence-corrected chi connectivity index (χ4v) is 3.05. The zero-order valence-electron chi connectivity index (χ0n) is 10.7. The molecule has 1 saturated carbocycles. The highest BCUT2D eigenvalue weighted by Crippen LogP contribution is 2.26. The summed E-state index contributed by atoms with van der Waals surface area (Å²) in [7, 11) is 0. The first-order chi connectivity index (χ1) is 8.15. The molecular weight excluding hydrogens is 274 g/mol. The van der Waals surface area contributed by atoms with E-state index in [0.717, 1.165) is 10.4 Å². The molecule has 0 bridgehead atoms. The fraction of sp³-hybridized carbons (Fsp3) is 0.600. The van der Waals surface area contributed by atoms with Crippen molar-refractivity contribution in [2.24, 2.45) is 5.92 Å². The molecule has 0 amide bonds. The van der Waals surface area contributed by atoms with Gasteiger partial charge >= 0.3 is 0 Å².